The molecule has 13 heteroatoms. The molecule has 0 spiro atoms. The SMILES string of the molecule is CCONC(=O)c1cnc(Nc2cc(C)nc(C)n2)cc1Nc1ccc(OC(C)C)cc1S(=O)(=O)NC. The van der Waals surface area contributed by atoms with Crippen LogP contribution in [-0.4, -0.2) is 49.0 Å². The molecule has 0 saturated carbocycles. The Hall–Kier alpha value is -3.81. The molecule has 0 fully saturated rings. The lowest BCUT2D eigenvalue weighted by molar-refractivity contribution is 0.0365. The van der Waals surface area contributed by atoms with E-state index in [0.717, 1.165) is 5.69 Å². The maximum absolute atomic E-state index is 12.8. The summed E-state index contributed by atoms with van der Waals surface area (Å²) in [6.07, 6.45) is 1.20. The van der Waals surface area contributed by atoms with E-state index >= 15 is 0 Å². The van der Waals surface area contributed by atoms with Gasteiger partial charge in [-0.2, -0.15) is 0 Å². The summed E-state index contributed by atoms with van der Waals surface area (Å²) in [6.45, 7) is 9.29. The molecule has 198 valence electrons. The number of anilines is 4. The van der Waals surface area contributed by atoms with Crippen LogP contribution in [0.1, 0.15) is 42.6 Å². The van der Waals surface area contributed by atoms with E-state index < -0.39 is 15.9 Å². The first-order valence-electron chi connectivity index (χ1n) is 11.5. The molecule has 0 bridgehead atoms. The molecular weight excluding hydrogens is 498 g/mol. The van der Waals surface area contributed by atoms with Gasteiger partial charge in [0.25, 0.3) is 5.91 Å². The number of sulfonamides is 1. The van der Waals surface area contributed by atoms with E-state index in [1.165, 1.54) is 19.3 Å². The first-order chi connectivity index (χ1) is 17.5. The Balaban J connectivity index is 2.07. The van der Waals surface area contributed by atoms with Crippen molar-refractivity contribution in [3.05, 3.63) is 53.6 Å². The maximum Gasteiger partial charge on any atom is 0.278 e. The molecule has 0 atom stereocenters. The van der Waals surface area contributed by atoms with Gasteiger partial charge in [-0.05, 0) is 53.8 Å². The highest BCUT2D eigenvalue weighted by Crippen LogP contribution is 2.32. The minimum absolute atomic E-state index is 0.0577. The second-order valence-electron chi connectivity index (χ2n) is 8.20. The number of hydrogen-bond acceptors (Lipinski definition) is 10. The van der Waals surface area contributed by atoms with Crippen LogP contribution in [0, 0.1) is 13.8 Å². The number of amides is 1. The molecule has 12 nitrogen and oxygen atoms in total. The number of nitrogens with zero attached hydrogens (tertiary/aromatic N) is 3. The number of aromatic nitrogens is 3. The Morgan fingerprint density at radius 3 is 2.43 bits per heavy atom. The number of nitrogens with one attached hydrogen (secondary N) is 4. The zero-order chi connectivity index (χ0) is 27.2. The van der Waals surface area contributed by atoms with Gasteiger partial charge in [0.2, 0.25) is 10.0 Å². The fourth-order valence-corrected chi connectivity index (χ4v) is 4.24. The number of carbonyl (C=O) groups excluding carboxylic acids is 1. The van der Waals surface area contributed by atoms with Crippen molar-refractivity contribution >= 4 is 38.9 Å². The van der Waals surface area contributed by atoms with Gasteiger partial charge in [-0.25, -0.2) is 33.6 Å². The van der Waals surface area contributed by atoms with E-state index in [4.69, 9.17) is 9.57 Å². The summed E-state index contributed by atoms with van der Waals surface area (Å²) in [7, 11) is -2.57. The second kappa shape index (κ2) is 12.0. The smallest absolute Gasteiger partial charge is 0.278 e. The summed E-state index contributed by atoms with van der Waals surface area (Å²) in [6, 6.07) is 7.95. The van der Waals surface area contributed by atoms with Crippen molar-refractivity contribution < 1.29 is 22.8 Å². The monoisotopic (exact) mass is 529 g/mol. The van der Waals surface area contributed by atoms with Crippen LogP contribution >= 0.6 is 0 Å². The molecule has 2 aromatic heterocycles. The topological polar surface area (TPSA) is 156 Å². The van der Waals surface area contributed by atoms with E-state index in [2.05, 4.69) is 35.8 Å². The lowest BCUT2D eigenvalue weighted by Crippen LogP contribution is -2.25. The molecule has 3 rings (SSSR count). The van der Waals surface area contributed by atoms with Crippen LogP contribution in [0.4, 0.5) is 23.0 Å². The maximum atomic E-state index is 12.8. The molecular formula is C24H31N7O5S. The number of carbonyl (C=O) groups is 1. The van der Waals surface area contributed by atoms with Gasteiger partial charge >= 0.3 is 0 Å². The fraction of sp³-hybridized carbons (Fsp3) is 0.333. The first-order valence-corrected chi connectivity index (χ1v) is 13.0. The van der Waals surface area contributed by atoms with Crippen LogP contribution in [0.15, 0.2) is 41.4 Å². The van der Waals surface area contributed by atoms with E-state index in [-0.39, 0.29) is 34.5 Å². The molecule has 2 heterocycles. The van der Waals surface area contributed by atoms with Gasteiger partial charge in [0.1, 0.15) is 28.1 Å². The van der Waals surface area contributed by atoms with Crippen LogP contribution < -0.4 is 25.6 Å². The Kier molecular flexibility index (Phi) is 8.97. The number of ether oxygens (including phenoxy) is 1. The van der Waals surface area contributed by atoms with Gasteiger partial charge in [-0.15, -0.1) is 0 Å². The summed E-state index contributed by atoms with van der Waals surface area (Å²) in [4.78, 5) is 30.7. The minimum Gasteiger partial charge on any atom is -0.491 e. The van der Waals surface area contributed by atoms with Gasteiger partial charge in [0.05, 0.1) is 29.6 Å². The number of pyridine rings is 1. The van der Waals surface area contributed by atoms with Crippen molar-refractivity contribution in [2.75, 3.05) is 24.3 Å². The average molecular weight is 530 g/mol. The van der Waals surface area contributed by atoms with Crippen molar-refractivity contribution in [2.24, 2.45) is 0 Å². The van der Waals surface area contributed by atoms with Crippen LogP contribution in [0.25, 0.3) is 0 Å². The van der Waals surface area contributed by atoms with Gasteiger partial charge in [-0.1, -0.05) is 0 Å². The molecule has 0 unspecified atom stereocenters. The largest absolute Gasteiger partial charge is 0.491 e. The molecule has 0 aliphatic rings. The summed E-state index contributed by atoms with van der Waals surface area (Å²) in [5, 5.41) is 6.16. The van der Waals surface area contributed by atoms with Crippen LogP contribution in [0.5, 0.6) is 5.75 Å². The molecule has 37 heavy (non-hydrogen) atoms. The second-order valence-corrected chi connectivity index (χ2v) is 10.1. The summed E-state index contributed by atoms with van der Waals surface area (Å²) in [5.74, 6) is 1.29. The third kappa shape index (κ3) is 7.35. The number of hydrogen-bond donors (Lipinski definition) is 4. The quantitative estimate of drug-likeness (QED) is 0.272. The van der Waals surface area contributed by atoms with Crippen molar-refractivity contribution in [2.45, 2.75) is 45.6 Å². The number of rotatable bonds is 11. The van der Waals surface area contributed by atoms with Crippen LogP contribution in [-0.2, 0) is 14.9 Å². The lowest BCUT2D eigenvalue weighted by Gasteiger charge is -2.18. The number of benzene rings is 1. The van der Waals surface area contributed by atoms with Crippen LogP contribution in [0.3, 0.4) is 0 Å². The summed E-state index contributed by atoms with van der Waals surface area (Å²) in [5.41, 5.74) is 3.74. The fourth-order valence-electron chi connectivity index (χ4n) is 3.34. The molecule has 4 N–H and O–H groups in total. The highest BCUT2D eigenvalue weighted by Gasteiger charge is 2.21. The first kappa shape index (κ1) is 27.8. The van der Waals surface area contributed by atoms with Crippen molar-refractivity contribution in [1.82, 2.24) is 25.2 Å². The highest BCUT2D eigenvalue weighted by molar-refractivity contribution is 7.89. The van der Waals surface area contributed by atoms with Crippen LogP contribution in [0.2, 0.25) is 0 Å². The van der Waals surface area contributed by atoms with E-state index in [9.17, 15) is 13.2 Å². The van der Waals surface area contributed by atoms with E-state index in [0.29, 0.717) is 23.2 Å². The third-order valence-electron chi connectivity index (χ3n) is 4.83. The van der Waals surface area contributed by atoms with E-state index in [1.807, 2.05) is 20.8 Å². The average Bonchev–Trinajstić information content (AvgIpc) is 2.82. The molecule has 0 radical (unpaired) electrons. The molecule has 0 aliphatic carbocycles. The molecule has 0 saturated heterocycles. The van der Waals surface area contributed by atoms with Crippen molar-refractivity contribution in [3.63, 3.8) is 0 Å². The molecule has 1 aromatic carbocycles. The number of aryl methyl sites for hydroxylation is 2. The predicted molar refractivity (Wildman–Crippen MR) is 140 cm³/mol. The highest BCUT2D eigenvalue weighted by atomic mass is 32.2. The molecule has 1 amide bonds. The summed E-state index contributed by atoms with van der Waals surface area (Å²) >= 11 is 0. The predicted octanol–water partition coefficient (Wildman–Crippen LogP) is 3.35. The third-order valence-corrected chi connectivity index (χ3v) is 6.29. The normalized spacial score (nSPS) is 11.3. The van der Waals surface area contributed by atoms with Gasteiger partial charge in [0.15, 0.2) is 0 Å². The van der Waals surface area contributed by atoms with Crippen molar-refractivity contribution in [3.8, 4) is 5.75 Å². The Bertz CT molecular complexity index is 1360. The van der Waals surface area contributed by atoms with Crippen molar-refractivity contribution in [1.29, 1.82) is 0 Å². The Morgan fingerprint density at radius 2 is 1.78 bits per heavy atom. The Morgan fingerprint density at radius 1 is 1.03 bits per heavy atom. The minimum atomic E-state index is -3.89. The van der Waals surface area contributed by atoms with Gasteiger partial charge in [-0.3, -0.25) is 9.63 Å². The lowest BCUT2D eigenvalue weighted by atomic mass is 10.2. The molecule has 0 aliphatic heterocycles. The summed E-state index contributed by atoms with van der Waals surface area (Å²) < 4.78 is 33.7. The zero-order valence-electron chi connectivity index (χ0n) is 21.5. The van der Waals surface area contributed by atoms with E-state index in [1.54, 1.807) is 38.1 Å². The number of hydroxylamine groups is 1. The van der Waals surface area contributed by atoms with Gasteiger partial charge < -0.3 is 15.4 Å². The Labute approximate surface area is 216 Å². The van der Waals surface area contributed by atoms with Gasteiger partial charge in [0, 0.05) is 30.1 Å². The molecule has 3 aromatic rings. The zero-order valence-corrected chi connectivity index (χ0v) is 22.4. The standard InChI is InChI=1S/C24H31N7O5S/c1-7-35-31-24(32)18-13-26-22(30-23-10-15(4)27-16(5)28-23)12-20(18)29-19-9-8-17(36-14(2)3)11-21(19)37(33,34)25-6/h8-14,25H,7H2,1-6H3,(H,31,32)(H2,26,27,28,29,30).